The molecule has 0 saturated carbocycles. The van der Waals surface area contributed by atoms with Crippen LogP contribution in [0.5, 0.6) is 0 Å². The maximum absolute atomic E-state index is 4.74. The van der Waals surface area contributed by atoms with E-state index in [1.165, 1.54) is 27.8 Å². The Labute approximate surface area is 223 Å². The summed E-state index contributed by atoms with van der Waals surface area (Å²) in [6, 6.07) is 43.1. The van der Waals surface area contributed by atoms with E-state index >= 15 is 0 Å². The van der Waals surface area contributed by atoms with Crippen LogP contribution in [0, 0.1) is 0 Å². The summed E-state index contributed by atoms with van der Waals surface area (Å²) in [6.07, 6.45) is 5.08. The van der Waals surface area contributed by atoms with Crippen LogP contribution in [0.15, 0.2) is 145 Å². The molecular formula is C33H32BN2Si. The summed E-state index contributed by atoms with van der Waals surface area (Å²) in [4.78, 5) is 4.74. The lowest BCUT2D eigenvalue weighted by atomic mass is 9.58. The summed E-state index contributed by atoms with van der Waals surface area (Å²) in [6.45, 7) is 2.29. The van der Waals surface area contributed by atoms with Gasteiger partial charge in [0.05, 0.1) is 15.2 Å². The van der Waals surface area contributed by atoms with Gasteiger partial charge in [-0.3, -0.25) is 4.98 Å². The molecule has 0 aliphatic carbocycles. The summed E-state index contributed by atoms with van der Waals surface area (Å²) in [7, 11) is 1.81. The molecule has 0 bridgehead atoms. The second kappa shape index (κ2) is 12.4. The van der Waals surface area contributed by atoms with E-state index in [-0.39, 0.29) is 5.82 Å². The van der Waals surface area contributed by atoms with Crippen molar-refractivity contribution in [3.05, 3.63) is 167 Å². The van der Waals surface area contributed by atoms with E-state index in [4.69, 9.17) is 4.98 Å². The van der Waals surface area contributed by atoms with Gasteiger partial charge in [0.1, 0.15) is 0 Å². The summed E-state index contributed by atoms with van der Waals surface area (Å²) in [5.74, 6) is 0.465. The Balaban J connectivity index is 1.34. The zero-order valence-corrected chi connectivity index (χ0v) is 22.7. The van der Waals surface area contributed by atoms with Crippen LogP contribution >= 0.6 is 0 Å². The third kappa shape index (κ3) is 6.28. The SMILES string of the molecule is CC(=C[SiH2]Cn1ccnc1[B]C(c1ccccc1)c1ccccc1)C(c1ccccc1)c1ccccc1. The van der Waals surface area contributed by atoms with Gasteiger partial charge in [-0.15, -0.1) is 0 Å². The zero-order chi connectivity index (χ0) is 25.3. The maximum atomic E-state index is 4.74. The van der Waals surface area contributed by atoms with Crippen molar-refractivity contribution in [1.82, 2.24) is 9.55 Å². The molecule has 5 aromatic rings. The van der Waals surface area contributed by atoms with E-state index in [1.807, 2.05) is 6.20 Å². The molecule has 0 amide bonds. The number of aromatic nitrogens is 2. The minimum Gasteiger partial charge on any atom is -0.347 e. The van der Waals surface area contributed by atoms with E-state index in [1.54, 1.807) is 0 Å². The zero-order valence-electron chi connectivity index (χ0n) is 21.3. The molecule has 2 nitrogen and oxygen atoms in total. The Hall–Kier alpha value is -3.89. The lowest BCUT2D eigenvalue weighted by Gasteiger charge is -2.20. The van der Waals surface area contributed by atoms with Gasteiger partial charge in [-0.1, -0.05) is 133 Å². The Morgan fingerprint density at radius 1 is 0.730 bits per heavy atom. The van der Waals surface area contributed by atoms with E-state index in [0.29, 0.717) is 5.92 Å². The Kier molecular flexibility index (Phi) is 8.29. The van der Waals surface area contributed by atoms with Crippen molar-refractivity contribution < 1.29 is 0 Å². The average Bonchev–Trinajstić information content (AvgIpc) is 3.41. The smallest absolute Gasteiger partial charge is 0.215 e. The number of imidazole rings is 1. The van der Waals surface area contributed by atoms with Crippen LogP contribution < -0.4 is 5.72 Å². The van der Waals surface area contributed by atoms with Crippen molar-refractivity contribution in [2.75, 3.05) is 0 Å². The lowest BCUT2D eigenvalue weighted by molar-refractivity contribution is 0.900. The van der Waals surface area contributed by atoms with Gasteiger partial charge in [0.2, 0.25) is 7.28 Å². The molecule has 1 radical (unpaired) electrons. The number of benzene rings is 4. The minimum atomic E-state index is -0.498. The lowest BCUT2D eigenvalue weighted by Crippen LogP contribution is -2.32. The summed E-state index contributed by atoms with van der Waals surface area (Å²) in [5, 5.41) is 0. The standard InChI is InChI=1S/C33H32BN2Si/c1-26(31(27-14-6-2-7-15-27)28-16-8-3-9-17-28)24-37-25-36-23-22-35-33(36)34-32(29-18-10-4-11-19-29)30-20-12-5-13-21-30/h2-24,31-32H,25,37H2,1H3. The van der Waals surface area contributed by atoms with Gasteiger partial charge < -0.3 is 4.57 Å². The van der Waals surface area contributed by atoms with E-state index in [9.17, 15) is 0 Å². The highest BCUT2D eigenvalue weighted by atomic mass is 28.2. The van der Waals surface area contributed by atoms with Crippen molar-refractivity contribution in [3.63, 3.8) is 0 Å². The first-order valence-electron chi connectivity index (χ1n) is 13.0. The molecule has 1 heterocycles. The Bertz CT molecular complexity index is 1320. The molecule has 4 heteroatoms. The molecule has 0 atom stereocenters. The summed E-state index contributed by atoms with van der Waals surface area (Å²) >= 11 is 0. The van der Waals surface area contributed by atoms with Crippen LogP contribution in [0.3, 0.4) is 0 Å². The molecule has 4 aromatic carbocycles. The van der Waals surface area contributed by atoms with Gasteiger partial charge >= 0.3 is 0 Å². The molecule has 0 spiro atoms. The monoisotopic (exact) mass is 495 g/mol. The normalized spacial score (nSPS) is 12.0. The van der Waals surface area contributed by atoms with Gasteiger partial charge in [-0.25, -0.2) is 0 Å². The Morgan fingerprint density at radius 3 is 1.68 bits per heavy atom. The van der Waals surface area contributed by atoms with Crippen LogP contribution in [0.4, 0.5) is 0 Å². The highest BCUT2D eigenvalue weighted by Crippen LogP contribution is 2.31. The fraction of sp³-hybridized carbons (Fsp3) is 0.121. The molecule has 0 N–H and O–H groups in total. The first kappa shape index (κ1) is 24.8. The van der Waals surface area contributed by atoms with E-state index < -0.39 is 9.52 Å². The Morgan fingerprint density at radius 2 is 1.19 bits per heavy atom. The molecule has 181 valence electrons. The van der Waals surface area contributed by atoms with Gasteiger partial charge in [-0.2, -0.15) is 0 Å². The molecule has 0 unspecified atom stereocenters. The minimum absolute atomic E-state index is 0.169. The number of hydrogen-bond acceptors (Lipinski definition) is 1. The first-order chi connectivity index (χ1) is 18.3. The van der Waals surface area contributed by atoms with Crippen LogP contribution in [0.2, 0.25) is 0 Å². The van der Waals surface area contributed by atoms with Crippen LogP contribution in [0.1, 0.15) is 40.9 Å². The molecule has 5 rings (SSSR count). The number of allylic oxidation sites excluding steroid dienone is 1. The molecular weight excluding hydrogens is 463 g/mol. The first-order valence-corrected chi connectivity index (χ1v) is 14.8. The van der Waals surface area contributed by atoms with Crippen molar-refractivity contribution in [2.45, 2.75) is 24.8 Å². The summed E-state index contributed by atoms with van der Waals surface area (Å²) < 4.78 is 2.33. The fourth-order valence-corrected chi connectivity index (χ4v) is 6.56. The van der Waals surface area contributed by atoms with E-state index in [2.05, 4.69) is 152 Å². The average molecular weight is 496 g/mol. The van der Waals surface area contributed by atoms with Crippen molar-refractivity contribution >= 4 is 22.5 Å². The van der Waals surface area contributed by atoms with Crippen molar-refractivity contribution in [2.24, 2.45) is 0 Å². The molecule has 0 saturated heterocycles. The van der Waals surface area contributed by atoms with Crippen molar-refractivity contribution in [1.29, 1.82) is 0 Å². The molecule has 37 heavy (non-hydrogen) atoms. The molecule has 0 aliphatic heterocycles. The quantitative estimate of drug-likeness (QED) is 0.222. The highest BCUT2D eigenvalue weighted by Gasteiger charge is 2.19. The third-order valence-corrected chi connectivity index (χ3v) is 8.61. The maximum Gasteiger partial charge on any atom is 0.215 e. The van der Waals surface area contributed by atoms with Crippen LogP contribution in [0.25, 0.3) is 0 Å². The van der Waals surface area contributed by atoms with Gasteiger partial charge in [0.15, 0.2) is 0 Å². The molecule has 0 aliphatic rings. The largest absolute Gasteiger partial charge is 0.347 e. The predicted octanol–water partition coefficient (Wildman–Crippen LogP) is 5.86. The fourth-order valence-electron chi connectivity index (χ4n) is 5.08. The number of rotatable bonds is 10. The summed E-state index contributed by atoms with van der Waals surface area (Å²) in [5.41, 5.74) is 10.3. The highest BCUT2D eigenvalue weighted by molar-refractivity contribution is 6.54. The van der Waals surface area contributed by atoms with Gasteiger partial charge in [-0.05, 0) is 35.0 Å². The molecule has 1 aromatic heterocycles. The van der Waals surface area contributed by atoms with E-state index in [0.717, 1.165) is 11.9 Å². The van der Waals surface area contributed by atoms with Crippen molar-refractivity contribution in [3.8, 4) is 0 Å². The third-order valence-electron chi connectivity index (χ3n) is 6.94. The number of hydrogen-bond donors (Lipinski definition) is 0. The molecule has 0 fully saturated rings. The van der Waals surface area contributed by atoms with Gasteiger partial charge in [0, 0.05) is 24.5 Å². The van der Waals surface area contributed by atoms with Gasteiger partial charge in [0.25, 0.3) is 0 Å². The van der Waals surface area contributed by atoms with Crippen LogP contribution in [-0.2, 0) is 6.17 Å². The second-order valence-corrected chi connectivity index (χ2v) is 10.9. The predicted molar refractivity (Wildman–Crippen MR) is 159 cm³/mol. The second-order valence-electron chi connectivity index (χ2n) is 9.44. The number of nitrogens with zero attached hydrogens (tertiary/aromatic N) is 2. The topological polar surface area (TPSA) is 17.8 Å². The van der Waals surface area contributed by atoms with Crippen LogP contribution in [-0.4, -0.2) is 26.4 Å².